The number of amides is 1. The fourth-order valence-electron chi connectivity index (χ4n) is 8.25. The Morgan fingerprint density at radius 2 is 0.781 bits per heavy atom. The standard InChI is InChI=1S/C58H107NO5/c1-3-5-7-9-11-13-15-17-18-20-24-28-32-36-40-44-48-52-58(63)64-53-49-45-41-37-33-29-25-22-19-21-23-27-31-35-39-43-47-51-57(62)59-55(54-60)56(61)50-46-42-38-34-30-26-16-14-12-10-8-6-4-2/h17-19,22,29,33,46,50,55-56,60-61H,3-16,20-21,23-28,30-32,34-45,47-49,51-54H2,1-2H3,(H,59,62)/b18-17-,22-19-,33-29-,50-46+. The summed E-state index contributed by atoms with van der Waals surface area (Å²) in [6, 6.07) is -0.640. The van der Waals surface area contributed by atoms with E-state index in [9.17, 15) is 19.8 Å². The van der Waals surface area contributed by atoms with Gasteiger partial charge in [0.15, 0.2) is 0 Å². The van der Waals surface area contributed by atoms with Crippen molar-refractivity contribution >= 4 is 11.9 Å². The Balaban J connectivity index is 3.52. The van der Waals surface area contributed by atoms with Gasteiger partial charge in [-0.3, -0.25) is 9.59 Å². The highest BCUT2D eigenvalue weighted by atomic mass is 16.5. The average molecular weight is 898 g/mol. The number of carbonyl (C=O) groups is 2. The molecule has 0 aliphatic heterocycles. The van der Waals surface area contributed by atoms with E-state index in [1.54, 1.807) is 6.08 Å². The van der Waals surface area contributed by atoms with Gasteiger partial charge < -0.3 is 20.3 Å². The quantitative estimate of drug-likeness (QED) is 0.0321. The van der Waals surface area contributed by atoms with Crippen molar-refractivity contribution in [3.05, 3.63) is 48.6 Å². The highest BCUT2D eigenvalue weighted by molar-refractivity contribution is 5.76. The minimum Gasteiger partial charge on any atom is -0.466 e. The Morgan fingerprint density at radius 1 is 0.438 bits per heavy atom. The van der Waals surface area contributed by atoms with Crippen molar-refractivity contribution in [1.29, 1.82) is 0 Å². The number of hydrogen-bond acceptors (Lipinski definition) is 5. The second-order valence-electron chi connectivity index (χ2n) is 18.9. The lowest BCUT2D eigenvalue weighted by Crippen LogP contribution is -2.45. The number of esters is 1. The van der Waals surface area contributed by atoms with Gasteiger partial charge in [0.05, 0.1) is 25.4 Å². The van der Waals surface area contributed by atoms with Crippen LogP contribution in [0.5, 0.6) is 0 Å². The van der Waals surface area contributed by atoms with E-state index in [1.165, 1.54) is 173 Å². The van der Waals surface area contributed by atoms with Gasteiger partial charge in [0.2, 0.25) is 5.91 Å². The molecule has 0 aromatic rings. The minimum atomic E-state index is -0.855. The molecule has 0 rings (SSSR count). The predicted octanol–water partition coefficient (Wildman–Crippen LogP) is 17.0. The van der Waals surface area contributed by atoms with E-state index in [-0.39, 0.29) is 18.5 Å². The van der Waals surface area contributed by atoms with Crippen molar-refractivity contribution in [2.45, 2.75) is 296 Å². The van der Waals surface area contributed by atoms with E-state index in [1.807, 2.05) is 6.08 Å². The zero-order valence-electron chi connectivity index (χ0n) is 42.5. The Hall–Kier alpha value is -2.18. The van der Waals surface area contributed by atoms with E-state index < -0.39 is 12.1 Å². The Kier molecular flexibility index (Phi) is 51.6. The van der Waals surface area contributed by atoms with Crippen molar-refractivity contribution in [1.82, 2.24) is 5.32 Å². The molecule has 6 heteroatoms. The average Bonchev–Trinajstić information content (AvgIpc) is 3.29. The molecule has 374 valence electrons. The molecule has 0 saturated carbocycles. The van der Waals surface area contributed by atoms with Crippen LogP contribution in [0.15, 0.2) is 48.6 Å². The molecule has 64 heavy (non-hydrogen) atoms. The first-order chi connectivity index (χ1) is 31.5. The zero-order chi connectivity index (χ0) is 46.5. The molecule has 0 aromatic carbocycles. The number of aliphatic hydroxyl groups excluding tert-OH is 2. The predicted molar refractivity (Wildman–Crippen MR) is 278 cm³/mol. The summed E-state index contributed by atoms with van der Waals surface area (Å²) in [4.78, 5) is 24.5. The molecule has 0 aromatic heterocycles. The molecular formula is C58H107NO5. The van der Waals surface area contributed by atoms with Crippen molar-refractivity contribution in [2.24, 2.45) is 0 Å². The van der Waals surface area contributed by atoms with Gasteiger partial charge in [-0.15, -0.1) is 0 Å². The summed E-state index contributed by atoms with van der Waals surface area (Å²) in [5, 5.41) is 23.0. The largest absolute Gasteiger partial charge is 0.466 e. The molecule has 0 saturated heterocycles. The Bertz CT molecular complexity index is 1080. The first kappa shape index (κ1) is 61.8. The van der Waals surface area contributed by atoms with E-state index >= 15 is 0 Å². The maximum absolute atomic E-state index is 12.4. The number of carbonyl (C=O) groups excluding carboxylic acids is 2. The number of ether oxygens (including phenoxy) is 1. The number of aliphatic hydroxyl groups is 2. The maximum atomic E-state index is 12.4. The third kappa shape index (κ3) is 49.3. The van der Waals surface area contributed by atoms with E-state index in [0.717, 1.165) is 83.5 Å². The summed E-state index contributed by atoms with van der Waals surface area (Å²) in [6.45, 7) is 4.84. The summed E-state index contributed by atoms with van der Waals surface area (Å²) in [6.07, 6.45) is 67.0. The van der Waals surface area contributed by atoms with Gasteiger partial charge in [0.1, 0.15) is 0 Å². The number of allylic oxidation sites excluding steroid dienone is 7. The summed E-state index contributed by atoms with van der Waals surface area (Å²) in [7, 11) is 0. The van der Waals surface area contributed by atoms with Gasteiger partial charge in [-0.25, -0.2) is 0 Å². The Morgan fingerprint density at radius 3 is 1.20 bits per heavy atom. The lowest BCUT2D eigenvalue weighted by molar-refractivity contribution is -0.143. The first-order valence-electron chi connectivity index (χ1n) is 27.9. The second kappa shape index (κ2) is 53.4. The molecule has 2 unspecified atom stereocenters. The number of unbranched alkanes of at least 4 members (excludes halogenated alkanes) is 34. The van der Waals surface area contributed by atoms with Crippen molar-refractivity contribution in [2.75, 3.05) is 13.2 Å². The van der Waals surface area contributed by atoms with Gasteiger partial charge in [-0.05, 0) is 96.3 Å². The van der Waals surface area contributed by atoms with E-state index in [2.05, 4.69) is 55.6 Å². The fourth-order valence-corrected chi connectivity index (χ4v) is 8.25. The summed E-state index contributed by atoms with van der Waals surface area (Å²) in [5.74, 6) is -0.106. The smallest absolute Gasteiger partial charge is 0.305 e. The van der Waals surface area contributed by atoms with Gasteiger partial charge in [0.25, 0.3) is 0 Å². The molecule has 0 aliphatic carbocycles. The summed E-state index contributed by atoms with van der Waals surface area (Å²) >= 11 is 0. The Labute approximate surface area is 397 Å². The molecule has 0 radical (unpaired) electrons. The summed E-state index contributed by atoms with van der Waals surface area (Å²) < 4.78 is 5.46. The zero-order valence-corrected chi connectivity index (χ0v) is 42.5. The minimum absolute atomic E-state index is 0.0204. The molecule has 6 nitrogen and oxygen atoms in total. The first-order valence-corrected chi connectivity index (χ1v) is 27.9. The van der Waals surface area contributed by atoms with Crippen LogP contribution in [0.3, 0.4) is 0 Å². The number of nitrogens with one attached hydrogen (secondary N) is 1. The molecular weight excluding hydrogens is 791 g/mol. The molecule has 1 amide bonds. The summed E-state index contributed by atoms with van der Waals surface area (Å²) in [5.41, 5.74) is 0. The highest BCUT2D eigenvalue weighted by Gasteiger charge is 2.18. The van der Waals surface area contributed by atoms with E-state index in [4.69, 9.17) is 4.74 Å². The van der Waals surface area contributed by atoms with Gasteiger partial charge >= 0.3 is 5.97 Å². The normalized spacial score (nSPS) is 13.0. The molecule has 0 bridgehead atoms. The topological polar surface area (TPSA) is 95.9 Å². The van der Waals surface area contributed by atoms with Crippen molar-refractivity contribution in [3.63, 3.8) is 0 Å². The third-order valence-corrected chi connectivity index (χ3v) is 12.6. The molecule has 3 N–H and O–H groups in total. The SMILES string of the molecule is CCCCCCCC/C=C\CCCCCCCCCC(=O)OCCCCC/C=C\C/C=C\CCCCCCCCCC(=O)NC(CO)C(O)/C=C/CCCCCCCCCCCCC. The number of hydrogen-bond donors (Lipinski definition) is 3. The lowest BCUT2D eigenvalue weighted by atomic mass is 10.0. The highest BCUT2D eigenvalue weighted by Crippen LogP contribution is 2.15. The molecule has 0 aliphatic rings. The lowest BCUT2D eigenvalue weighted by Gasteiger charge is -2.20. The van der Waals surface area contributed by atoms with Crippen LogP contribution < -0.4 is 5.32 Å². The molecule has 0 heterocycles. The second-order valence-corrected chi connectivity index (χ2v) is 18.9. The molecule has 0 fully saturated rings. The van der Waals surface area contributed by atoms with Crippen LogP contribution in [0.4, 0.5) is 0 Å². The van der Waals surface area contributed by atoms with Gasteiger partial charge in [-0.2, -0.15) is 0 Å². The van der Waals surface area contributed by atoms with Crippen LogP contribution in [-0.4, -0.2) is 47.4 Å². The van der Waals surface area contributed by atoms with Crippen LogP contribution in [0.1, 0.15) is 284 Å². The van der Waals surface area contributed by atoms with Gasteiger partial charge in [-0.1, -0.05) is 223 Å². The van der Waals surface area contributed by atoms with Crippen molar-refractivity contribution < 1.29 is 24.5 Å². The maximum Gasteiger partial charge on any atom is 0.305 e. The fraction of sp³-hybridized carbons (Fsp3) is 0.828. The number of rotatable bonds is 51. The van der Waals surface area contributed by atoms with Gasteiger partial charge in [0, 0.05) is 12.8 Å². The van der Waals surface area contributed by atoms with Crippen molar-refractivity contribution in [3.8, 4) is 0 Å². The van der Waals surface area contributed by atoms with E-state index in [0.29, 0.717) is 19.4 Å². The third-order valence-electron chi connectivity index (χ3n) is 12.6. The monoisotopic (exact) mass is 898 g/mol. The van der Waals surface area contributed by atoms with Crippen LogP contribution in [0.25, 0.3) is 0 Å². The van der Waals surface area contributed by atoms with Crippen LogP contribution in [0, 0.1) is 0 Å². The van der Waals surface area contributed by atoms with Crippen LogP contribution in [-0.2, 0) is 14.3 Å². The van der Waals surface area contributed by atoms with Crippen LogP contribution in [0.2, 0.25) is 0 Å². The molecule has 2 atom stereocenters. The molecule has 0 spiro atoms. The van der Waals surface area contributed by atoms with Crippen LogP contribution >= 0.6 is 0 Å².